The SMILES string of the molecule is CC1(C)CCCNC1CNC(=O)c1ccc(C(F)(F)F)nc1.Cl.Cl. The highest BCUT2D eigenvalue weighted by atomic mass is 35.5. The van der Waals surface area contributed by atoms with Crippen LogP contribution in [0.3, 0.4) is 0 Å². The first-order chi connectivity index (χ1) is 10.2. The quantitative estimate of drug-likeness (QED) is 0.834. The van der Waals surface area contributed by atoms with Crippen molar-refractivity contribution in [3.63, 3.8) is 0 Å². The molecule has 9 heteroatoms. The molecule has 2 rings (SSSR count). The molecule has 138 valence electrons. The van der Waals surface area contributed by atoms with E-state index in [1.54, 1.807) is 0 Å². The van der Waals surface area contributed by atoms with Crippen molar-refractivity contribution >= 4 is 30.7 Å². The van der Waals surface area contributed by atoms with Crippen LogP contribution in [0.5, 0.6) is 0 Å². The zero-order valence-corrected chi connectivity index (χ0v) is 15.1. The number of carbonyl (C=O) groups is 1. The van der Waals surface area contributed by atoms with Gasteiger partial charge in [0.05, 0.1) is 5.56 Å². The highest BCUT2D eigenvalue weighted by Gasteiger charge is 2.33. The molecule has 0 spiro atoms. The van der Waals surface area contributed by atoms with Gasteiger partial charge in [-0.25, -0.2) is 0 Å². The predicted octanol–water partition coefficient (Wildman–Crippen LogP) is 3.45. The largest absolute Gasteiger partial charge is 0.433 e. The van der Waals surface area contributed by atoms with Crippen molar-refractivity contribution in [3.8, 4) is 0 Å². The highest BCUT2D eigenvalue weighted by molar-refractivity contribution is 5.93. The number of carbonyl (C=O) groups excluding carboxylic acids is 1. The van der Waals surface area contributed by atoms with E-state index in [-0.39, 0.29) is 41.8 Å². The fourth-order valence-corrected chi connectivity index (χ4v) is 2.61. The van der Waals surface area contributed by atoms with E-state index < -0.39 is 17.8 Å². The molecular formula is C15H22Cl2F3N3O. The summed E-state index contributed by atoms with van der Waals surface area (Å²) in [5.74, 6) is -0.413. The van der Waals surface area contributed by atoms with Gasteiger partial charge in [0.2, 0.25) is 0 Å². The number of aromatic nitrogens is 1. The third kappa shape index (κ3) is 5.79. The van der Waals surface area contributed by atoms with Gasteiger partial charge in [-0.15, -0.1) is 24.8 Å². The number of halogens is 5. The van der Waals surface area contributed by atoms with E-state index >= 15 is 0 Å². The molecule has 0 aromatic carbocycles. The molecule has 2 N–H and O–H groups in total. The van der Waals surface area contributed by atoms with E-state index in [0.29, 0.717) is 6.54 Å². The fourth-order valence-electron chi connectivity index (χ4n) is 2.61. The number of nitrogens with zero attached hydrogens (tertiary/aromatic N) is 1. The van der Waals surface area contributed by atoms with Gasteiger partial charge >= 0.3 is 6.18 Å². The Kier molecular flexibility index (Phi) is 8.49. The molecule has 1 saturated heterocycles. The Balaban J connectivity index is 0.00000264. The summed E-state index contributed by atoms with van der Waals surface area (Å²) in [6.07, 6.45) is -1.37. The lowest BCUT2D eigenvalue weighted by atomic mass is 9.77. The molecule has 0 aliphatic carbocycles. The first kappa shape index (κ1) is 22.9. The van der Waals surface area contributed by atoms with Gasteiger partial charge in [-0.1, -0.05) is 13.8 Å². The average Bonchev–Trinajstić information content (AvgIpc) is 2.44. The molecule has 4 nitrogen and oxygen atoms in total. The van der Waals surface area contributed by atoms with Gasteiger partial charge < -0.3 is 10.6 Å². The van der Waals surface area contributed by atoms with Crippen LogP contribution in [0.4, 0.5) is 13.2 Å². The van der Waals surface area contributed by atoms with Crippen LogP contribution in [0.2, 0.25) is 0 Å². The summed E-state index contributed by atoms with van der Waals surface area (Å²) in [5.41, 5.74) is -0.801. The molecule has 1 amide bonds. The average molecular weight is 388 g/mol. The van der Waals surface area contributed by atoms with Crippen molar-refractivity contribution in [2.24, 2.45) is 5.41 Å². The summed E-state index contributed by atoms with van der Waals surface area (Å²) in [4.78, 5) is 15.3. The number of rotatable bonds is 3. The summed E-state index contributed by atoms with van der Waals surface area (Å²) >= 11 is 0. The van der Waals surface area contributed by atoms with E-state index in [1.807, 2.05) is 0 Å². The minimum Gasteiger partial charge on any atom is -0.350 e. The molecule has 0 saturated carbocycles. The Morgan fingerprint density at radius 1 is 1.38 bits per heavy atom. The van der Waals surface area contributed by atoms with Crippen molar-refractivity contribution in [1.29, 1.82) is 0 Å². The predicted molar refractivity (Wildman–Crippen MR) is 90.9 cm³/mol. The third-order valence-corrected chi connectivity index (χ3v) is 4.11. The van der Waals surface area contributed by atoms with Crippen LogP contribution >= 0.6 is 24.8 Å². The second-order valence-electron chi connectivity index (χ2n) is 6.24. The summed E-state index contributed by atoms with van der Waals surface area (Å²) in [6.45, 7) is 5.62. The number of nitrogens with one attached hydrogen (secondary N) is 2. The van der Waals surface area contributed by atoms with E-state index in [1.165, 1.54) is 0 Å². The second kappa shape index (κ2) is 8.87. The first-order valence-electron chi connectivity index (χ1n) is 7.25. The zero-order chi connectivity index (χ0) is 16.4. The van der Waals surface area contributed by atoms with E-state index in [0.717, 1.165) is 37.7 Å². The Labute approximate surface area is 151 Å². The lowest BCUT2D eigenvalue weighted by molar-refractivity contribution is -0.141. The smallest absolute Gasteiger partial charge is 0.350 e. The normalized spacial score (nSPS) is 19.6. The van der Waals surface area contributed by atoms with Gasteiger partial charge in [0.25, 0.3) is 5.91 Å². The molecule has 1 aliphatic rings. The molecule has 1 atom stereocenters. The fraction of sp³-hybridized carbons (Fsp3) is 0.600. The molecule has 0 radical (unpaired) electrons. The lowest BCUT2D eigenvalue weighted by Crippen LogP contribution is -2.52. The minimum atomic E-state index is -4.49. The number of pyridine rings is 1. The minimum absolute atomic E-state index is 0. The monoisotopic (exact) mass is 387 g/mol. The van der Waals surface area contributed by atoms with Crippen molar-refractivity contribution in [2.45, 2.75) is 38.9 Å². The maximum atomic E-state index is 12.4. The molecule has 1 aromatic rings. The summed E-state index contributed by atoms with van der Waals surface area (Å²) in [5, 5.41) is 6.13. The molecule has 1 aliphatic heterocycles. The van der Waals surface area contributed by atoms with E-state index in [9.17, 15) is 18.0 Å². The van der Waals surface area contributed by atoms with Crippen molar-refractivity contribution in [1.82, 2.24) is 15.6 Å². The van der Waals surface area contributed by atoms with E-state index in [4.69, 9.17) is 0 Å². The van der Waals surface area contributed by atoms with Crippen LogP contribution in [0.15, 0.2) is 18.3 Å². The van der Waals surface area contributed by atoms with Crippen LogP contribution in [0.25, 0.3) is 0 Å². The Bertz CT molecular complexity index is 536. The van der Waals surface area contributed by atoms with Gasteiger partial charge in [-0.2, -0.15) is 13.2 Å². The maximum Gasteiger partial charge on any atom is 0.433 e. The number of hydrogen-bond acceptors (Lipinski definition) is 3. The summed E-state index contributed by atoms with van der Waals surface area (Å²) < 4.78 is 37.3. The topological polar surface area (TPSA) is 54.0 Å². The molecular weight excluding hydrogens is 366 g/mol. The van der Waals surface area contributed by atoms with Crippen LogP contribution in [-0.4, -0.2) is 30.0 Å². The van der Waals surface area contributed by atoms with Crippen LogP contribution in [0, 0.1) is 5.41 Å². The van der Waals surface area contributed by atoms with Gasteiger partial charge in [0, 0.05) is 18.8 Å². The van der Waals surface area contributed by atoms with Gasteiger partial charge in [0.1, 0.15) is 5.69 Å². The van der Waals surface area contributed by atoms with Crippen molar-refractivity contribution in [2.75, 3.05) is 13.1 Å². The number of hydrogen-bond donors (Lipinski definition) is 2. The highest BCUT2D eigenvalue weighted by Crippen LogP contribution is 2.30. The number of alkyl halides is 3. The molecule has 0 bridgehead atoms. The zero-order valence-electron chi connectivity index (χ0n) is 13.4. The number of piperidine rings is 1. The van der Waals surface area contributed by atoms with Crippen LogP contribution < -0.4 is 10.6 Å². The van der Waals surface area contributed by atoms with Crippen LogP contribution in [0.1, 0.15) is 42.7 Å². The molecule has 1 aromatic heterocycles. The Morgan fingerprint density at radius 3 is 2.54 bits per heavy atom. The lowest BCUT2D eigenvalue weighted by Gasteiger charge is -2.39. The summed E-state index contributed by atoms with van der Waals surface area (Å²) in [6, 6.07) is 2.11. The van der Waals surface area contributed by atoms with Crippen molar-refractivity contribution in [3.05, 3.63) is 29.6 Å². The van der Waals surface area contributed by atoms with Crippen molar-refractivity contribution < 1.29 is 18.0 Å². The third-order valence-electron chi connectivity index (χ3n) is 4.11. The molecule has 1 unspecified atom stereocenters. The molecule has 1 fully saturated rings. The van der Waals surface area contributed by atoms with Crippen LogP contribution in [-0.2, 0) is 6.18 Å². The standard InChI is InChI=1S/C15H20F3N3O.2ClH/c1-14(2)6-3-7-19-12(14)9-21-13(22)10-4-5-11(20-8-10)15(16,17)18;;/h4-5,8,12,19H,3,6-7,9H2,1-2H3,(H,21,22);2*1H. The first-order valence-corrected chi connectivity index (χ1v) is 7.25. The van der Waals surface area contributed by atoms with Gasteiger partial charge in [-0.05, 0) is 36.9 Å². The Hall–Kier alpha value is -1.05. The maximum absolute atomic E-state index is 12.4. The van der Waals surface area contributed by atoms with Gasteiger partial charge in [0.15, 0.2) is 0 Å². The molecule has 2 heterocycles. The van der Waals surface area contributed by atoms with Gasteiger partial charge in [-0.3, -0.25) is 9.78 Å². The van der Waals surface area contributed by atoms with E-state index in [2.05, 4.69) is 29.5 Å². The second-order valence-corrected chi connectivity index (χ2v) is 6.24. The molecule has 24 heavy (non-hydrogen) atoms. The Morgan fingerprint density at radius 2 is 2.04 bits per heavy atom. The number of amides is 1. The summed E-state index contributed by atoms with van der Waals surface area (Å²) in [7, 11) is 0.